The Morgan fingerprint density at radius 3 is 2.00 bits per heavy atom. The minimum atomic E-state index is 0. The molecule has 1 heterocycles. The third-order valence-electron chi connectivity index (χ3n) is 3.07. The molecule has 0 fully saturated rings. The Hall–Kier alpha value is -1.59. The second-order valence-corrected chi connectivity index (χ2v) is 5.29. The average molecular weight is 348 g/mol. The first-order valence-corrected chi connectivity index (χ1v) is 6.97. The number of amidine groups is 1. The van der Waals surface area contributed by atoms with Gasteiger partial charge in [-0.15, -0.1) is 17.0 Å². The number of hydrogen-bond acceptors (Lipinski definition) is 3. The van der Waals surface area contributed by atoms with Gasteiger partial charge in [-0.3, -0.25) is 5.41 Å². The third-order valence-corrected chi connectivity index (χ3v) is 3.82. The summed E-state index contributed by atoms with van der Waals surface area (Å²) in [5, 5.41) is 9.80. The fraction of sp³-hybridized carbons (Fsp3) is 0.0667. The Bertz CT molecular complexity index is 719. The number of halogens is 1. The first kappa shape index (κ1) is 14.8. The zero-order valence-corrected chi connectivity index (χ0v) is 13.2. The molecule has 102 valence electrons. The predicted molar refractivity (Wildman–Crippen MR) is 92.8 cm³/mol. The van der Waals surface area contributed by atoms with Crippen molar-refractivity contribution < 1.29 is 0 Å². The zero-order valence-electron chi connectivity index (χ0n) is 10.7. The van der Waals surface area contributed by atoms with Gasteiger partial charge in [0.25, 0.3) is 0 Å². The normalized spacial score (nSPS) is 10.4. The predicted octanol–water partition coefficient (Wildman–Crippen LogP) is 4.09. The van der Waals surface area contributed by atoms with Crippen LogP contribution in [-0.4, -0.2) is 10.2 Å². The summed E-state index contributed by atoms with van der Waals surface area (Å²) in [6.45, 7) is 0. The van der Waals surface area contributed by atoms with Gasteiger partial charge < -0.3 is 5.73 Å². The molecule has 0 unspecified atom stereocenters. The van der Waals surface area contributed by atoms with Gasteiger partial charge in [0.1, 0.15) is 0 Å². The van der Waals surface area contributed by atoms with Crippen molar-refractivity contribution in [1.29, 1.82) is 5.41 Å². The molecular formula is C15H14BrN3S. The van der Waals surface area contributed by atoms with Crippen molar-refractivity contribution >= 4 is 55.7 Å². The largest absolute Gasteiger partial charge is 0.379 e. The van der Waals surface area contributed by atoms with E-state index >= 15 is 0 Å². The molecular weight excluding hydrogens is 334 g/mol. The van der Waals surface area contributed by atoms with Crippen LogP contribution in [0.3, 0.4) is 0 Å². The van der Waals surface area contributed by atoms with Crippen molar-refractivity contribution in [3.63, 3.8) is 0 Å². The van der Waals surface area contributed by atoms with Crippen LogP contribution in [0.15, 0.2) is 48.5 Å². The van der Waals surface area contributed by atoms with Crippen LogP contribution in [0.5, 0.6) is 0 Å². The monoisotopic (exact) mass is 347 g/mol. The van der Waals surface area contributed by atoms with Gasteiger partial charge in [0, 0.05) is 16.5 Å². The van der Waals surface area contributed by atoms with Gasteiger partial charge in [-0.2, -0.15) is 0 Å². The lowest BCUT2D eigenvalue weighted by Crippen LogP contribution is -2.04. The van der Waals surface area contributed by atoms with E-state index in [4.69, 9.17) is 11.1 Å². The highest BCUT2D eigenvalue weighted by molar-refractivity contribution is 8.93. The molecule has 0 aliphatic heterocycles. The van der Waals surface area contributed by atoms with Crippen LogP contribution >= 0.6 is 28.7 Å². The lowest BCUT2D eigenvalue weighted by Gasteiger charge is -2.10. The van der Waals surface area contributed by atoms with Crippen LogP contribution in [-0.2, 0) is 5.75 Å². The van der Waals surface area contributed by atoms with Crippen molar-refractivity contribution in [1.82, 2.24) is 4.98 Å². The van der Waals surface area contributed by atoms with E-state index in [1.807, 2.05) is 36.4 Å². The van der Waals surface area contributed by atoms with Gasteiger partial charge in [0.2, 0.25) is 0 Å². The van der Waals surface area contributed by atoms with Crippen LogP contribution in [0.2, 0.25) is 0 Å². The number of fused-ring (bicyclic) bond motifs is 2. The standard InChI is InChI=1S/C15H13N3S.BrH/c16-15(17)19-9-12-10-5-1-3-7-13(10)18-14-8-4-2-6-11(12)14;/h1-8H,9H2,(H3,16,17);1H. The molecule has 1 aromatic heterocycles. The Balaban J connectivity index is 0.00000147. The second-order valence-electron chi connectivity index (χ2n) is 4.28. The van der Waals surface area contributed by atoms with E-state index in [9.17, 15) is 0 Å². The van der Waals surface area contributed by atoms with Crippen LogP contribution in [0.1, 0.15) is 5.56 Å². The maximum absolute atomic E-state index is 7.38. The number of rotatable bonds is 2. The van der Waals surface area contributed by atoms with Crippen LogP contribution in [0.4, 0.5) is 0 Å². The summed E-state index contributed by atoms with van der Waals surface area (Å²) >= 11 is 1.35. The van der Waals surface area contributed by atoms with E-state index in [-0.39, 0.29) is 22.1 Å². The highest BCUT2D eigenvalue weighted by atomic mass is 79.9. The number of nitrogens with zero attached hydrogens (tertiary/aromatic N) is 1. The van der Waals surface area contributed by atoms with Crippen molar-refractivity contribution in [2.24, 2.45) is 5.73 Å². The van der Waals surface area contributed by atoms with Crippen molar-refractivity contribution in [3.8, 4) is 0 Å². The van der Waals surface area contributed by atoms with Gasteiger partial charge in [0.05, 0.1) is 11.0 Å². The molecule has 3 nitrogen and oxygen atoms in total. The molecule has 0 aliphatic rings. The number of para-hydroxylation sites is 2. The summed E-state index contributed by atoms with van der Waals surface area (Å²) in [5.41, 5.74) is 8.63. The highest BCUT2D eigenvalue weighted by Crippen LogP contribution is 2.28. The minimum Gasteiger partial charge on any atom is -0.379 e. The average Bonchev–Trinajstić information content (AvgIpc) is 2.43. The Kier molecular flexibility index (Phi) is 4.62. The minimum absolute atomic E-state index is 0. The number of nitrogens with one attached hydrogen (secondary N) is 1. The number of hydrogen-bond donors (Lipinski definition) is 2. The first-order chi connectivity index (χ1) is 9.25. The van der Waals surface area contributed by atoms with E-state index in [1.54, 1.807) is 0 Å². The number of thioether (sulfide) groups is 1. The third kappa shape index (κ3) is 2.78. The smallest absolute Gasteiger partial charge is 0.151 e. The number of nitrogens with two attached hydrogens (primary N) is 1. The topological polar surface area (TPSA) is 62.8 Å². The van der Waals surface area contributed by atoms with Crippen LogP contribution in [0, 0.1) is 5.41 Å². The van der Waals surface area contributed by atoms with Gasteiger partial charge in [-0.1, -0.05) is 48.2 Å². The van der Waals surface area contributed by atoms with Gasteiger partial charge in [-0.25, -0.2) is 4.98 Å². The first-order valence-electron chi connectivity index (χ1n) is 5.99. The maximum Gasteiger partial charge on any atom is 0.151 e. The molecule has 20 heavy (non-hydrogen) atoms. The number of pyridine rings is 1. The molecule has 0 aliphatic carbocycles. The van der Waals surface area contributed by atoms with E-state index in [0.29, 0.717) is 5.75 Å². The Morgan fingerprint density at radius 1 is 1.00 bits per heavy atom. The summed E-state index contributed by atoms with van der Waals surface area (Å²) in [7, 11) is 0. The van der Waals surface area contributed by atoms with Crippen molar-refractivity contribution in [2.75, 3.05) is 0 Å². The molecule has 0 radical (unpaired) electrons. The van der Waals surface area contributed by atoms with E-state index < -0.39 is 0 Å². The molecule has 0 saturated heterocycles. The molecule has 0 amide bonds. The summed E-state index contributed by atoms with van der Waals surface area (Å²) in [6.07, 6.45) is 0. The lowest BCUT2D eigenvalue weighted by molar-refractivity contribution is 1.43. The van der Waals surface area contributed by atoms with Crippen LogP contribution in [0.25, 0.3) is 21.8 Å². The molecule has 0 bridgehead atoms. The van der Waals surface area contributed by atoms with Crippen LogP contribution < -0.4 is 5.73 Å². The van der Waals surface area contributed by atoms with Crippen molar-refractivity contribution in [2.45, 2.75) is 5.75 Å². The molecule has 3 aromatic rings. The van der Waals surface area contributed by atoms with Gasteiger partial charge >= 0.3 is 0 Å². The lowest BCUT2D eigenvalue weighted by atomic mass is 10.0. The summed E-state index contributed by atoms with van der Waals surface area (Å²) in [6, 6.07) is 16.2. The zero-order chi connectivity index (χ0) is 13.2. The number of benzene rings is 2. The number of aromatic nitrogens is 1. The molecule has 0 atom stereocenters. The molecule has 3 rings (SSSR count). The van der Waals surface area contributed by atoms with E-state index in [0.717, 1.165) is 21.8 Å². The molecule has 3 N–H and O–H groups in total. The maximum atomic E-state index is 7.38. The SMILES string of the molecule is Br.N=C(N)SCc1c2ccccc2nc2ccccc12. The molecule has 0 saturated carbocycles. The Morgan fingerprint density at radius 2 is 1.50 bits per heavy atom. The molecule has 2 aromatic carbocycles. The van der Waals surface area contributed by atoms with E-state index in [1.165, 1.54) is 17.3 Å². The van der Waals surface area contributed by atoms with Crippen molar-refractivity contribution in [3.05, 3.63) is 54.1 Å². The van der Waals surface area contributed by atoms with Gasteiger partial charge in [-0.05, 0) is 17.7 Å². The van der Waals surface area contributed by atoms with E-state index in [2.05, 4.69) is 17.1 Å². The summed E-state index contributed by atoms with van der Waals surface area (Å²) in [4.78, 5) is 4.67. The fourth-order valence-electron chi connectivity index (χ4n) is 2.23. The summed E-state index contributed by atoms with van der Waals surface area (Å²) in [5.74, 6) is 0.693. The summed E-state index contributed by atoms with van der Waals surface area (Å²) < 4.78 is 0. The molecule has 0 spiro atoms. The highest BCUT2D eigenvalue weighted by Gasteiger charge is 2.08. The van der Waals surface area contributed by atoms with Gasteiger partial charge in [0.15, 0.2) is 5.17 Å². The quantitative estimate of drug-likeness (QED) is 0.416. The Labute approximate surface area is 131 Å². The second kappa shape index (κ2) is 6.24. The fourth-order valence-corrected chi connectivity index (χ4v) is 2.84. The molecule has 5 heteroatoms.